The van der Waals surface area contributed by atoms with Crippen molar-refractivity contribution in [3.05, 3.63) is 0 Å². The lowest BCUT2D eigenvalue weighted by atomic mass is 9.98. The number of alkyl halides is 2. The minimum Gasteiger partial charge on any atom is -0.789 e. The van der Waals surface area contributed by atoms with Gasteiger partial charge in [0.25, 0.3) is 0 Å². The summed E-state index contributed by atoms with van der Waals surface area (Å²) in [7, 11) is 0. The largest absolute Gasteiger partial charge is 0.789 e. The lowest BCUT2D eigenvalue weighted by Gasteiger charge is -2.32. The number of hydrogen-bond donors (Lipinski definition) is 0. The Morgan fingerprint density at radius 1 is 1.44 bits per heavy atom. The monoisotopic (exact) mass is 167 g/mol. The first-order chi connectivity index (χ1) is 4.20. The van der Waals surface area contributed by atoms with Crippen LogP contribution in [0, 0.1) is 0 Å². The molecule has 0 aromatic carbocycles. The van der Waals surface area contributed by atoms with Crippen LogP contribution in [-0.4, -0.2) is 16.8 Å². The van der Waals surface area contributed by atoms with Crippen molar-refractivity contribution in [2.45, 2.75) is 36.1 Å². The maximum Gasteiger partial charge on any atom is 0.116 e. The molecule has 1 saturated carbocycles. The molecule has 3 atom stereocenters. The zero-order chi connectivity index (χ0) is 6.85. The van der Waals surface area contributed by atoms with E-state index in [1.54, 1.807) is 0 Å². The predicted octanol–water partition coefficient (Wildman–Crippen LogP) is 2.03. The molecule has 1 fully saturated rings. The second-order valence-corrected chi connectivity index (χ2v) is 3.69. The minimum absolute atomic E-state index is 0.208. The van der Waals surface area contributed by atoms with Gasteiger partial charge in [0.1, 0.15) is 6.17 Å². The summed E-state index contributed by atoms with van der Waals surface area (Å²) in [6.07, 6.45) is 1.23. The van der Waals surface area contributed by atoms with Crippen LogP contribution in [0.5, 0.6) is 0 Å². The summed E-state index contributed by atoms with van der Waals surface area (Å²) in [6.45, 7) is 0. The van der Waals surface area contributed by atoms with Crippen LogP contribution in [0.3, 0.4) is 0 Å². The van der Waals surface area contributed by atoms with Crippen LogP contribution in [0.15, 0.2) is 0 Å². The fourth-order valence-corrected chi connectivity index (χ4v) is 1.83. The molecule has 0 spiro atoms. The van der Waals surface area contributed by atoms with E-state index in [4.69, 9.17) is 24.2 Å². The highest BCUT2D eigenvalue weighted by molar-refractivity contribution is 7.59. The summed E-state index contributed by atoms with van der Waals surface area (Å²) >= 11 is 10.6. The summed E-state index contributed by atoms with van der Waals surface area (Å²) in [5.41, 5.74) is 0. The molecule has 0 aromatic heterocycles. The molecule has 0 aromatic rings. The second-order valence-electron chi connectivity index (χ2n) is 2.47. The summed E-state index contributed by atoms with van der Waals surface area (Å²) in [4.78, 5) is 0. The molecule has 3 unspecified atom stereocenters. The topological polar surface area (TPSA) is 0 Å². The average Bonchev–Trinajstić information content (AvgIpc) is 1.80. The Morgan fingerprint density at radius 2 is 2.11 bits per heavy atom. The molecule has 0 aliphatic heterocycles. The molecule has 1 aliphatic carbocycles. The van der Waals surface area contributed by atoms with Gasteiger partial charge in [0, 0.05) is 0 Å². The first-order valence-electron chi connectivity index (χ1n) is 3.14. The van der Waals surface area contributed by atoms with Gasteiger partial charge in [0.05, 0.1) is 5.38 Å². The summed E-state index contributed by atoms with van der Waals surface area (Å²) in [5, 5.41) is -0.110. The van der Waals surface area contributed by atoms with Crippen LogP contribution in [0.25, 0.3) is 0 Å². The molecule has 0 N–H and O–H groups in total. The zero-order valence-electron chi connectivity index (χ0n) is 5.02. The lowest BCUT2D eigenvalue weighted by molar-refractivity contribution is 0.260. The van der Waals surface area contributed by atoms with E-state index in [2.05, 4.69) is 0 Å². The zero-order valence-corrected chi connectivity index (χ0v) is 6.59. The fraction of sp³-hybridized carbons (Fsp3) is 1.00. The van der Waals surface area contributed by atoms with E-state index in [0.29, 0.717) is 12.8 Å². The van der Waals surface area contributed by atoms with Gasteiger partial charge in [-0.05, 0) is 6.42 Å². The van der Waals surface area contributed by atoms with E-state index in [1.165, 1.54) is 0 Å². The maximum absolute atomic E-state index is 12.6. The maximum atomic E-state index is 12.6. The quantitative estimate of drug-likeness (QED) is 0.393. The van der Waals surface area contributed by atoms with Crippen molar-refractivity contribution < 1.29 is 4.39 Å². The summed E-state index contributed by atoms with van der Waals surface area (Å²) < 4.78 is 12.6. The van der Waals surface area contributed by atoms with Gasteiger partial charge in [-0.2, -0.15) is 5.25 Å². The molecule has 54 valence electrons. The van der Waals surface area contributed by atoms with Gasteiger partial charge in [-0.1, -0.05) is 12.8 Å². The molecule has 0 nitrogen and oxygen atoms in total. The van der Waals surface area contributed by atoms with Crippen LogP contribution in [0.4, 0.5) is 4.39 Å². The predicted molar refractivity (Wildman–Crippen MR) is 39.5 cm³/mol. The third-order valence-corrected chi connectivity index (χ3v) is 2.52. The Morgan fingerprint density at radius 3 is 2.56 bits per heavy atom. The Kier molecular flexibility index (Phi) is 2.65. The van der Waals surface area contributed by atoms with Crippen molar-refractivity contribution in [2.24, 2.45) is 0 Å². The van der Waals surface area contributed by atoms with Crippen molar-refractivity contribution in [3.8, 4) is 0 Å². The van der Waals surface area contributed by atoms with Crippen molar-refractivity contribution in [3.63, 3.8) is 0 Å². The molecule has 0 radical (unpaired) electrons. The Bertz CT molecular complexity index is 99.1. The van der Waals surface area contributed by atoms with E-state index in [-0.39, 0.29) is 10.6 Å². The summed E-state index contributed by atoms with van der Waals surface area (Å²) in [5.74, 6) is 0. The van der Waals surface area contributed by atoms with Gasteiger partial charge in [-0.3, -0.25) is 0 Å². The third-order valence-electron chi connectivity index (χ3n) is 1.64. The van der Waals surface area contributed by atoms with Gasteiger partial charge < -0.3 is 12.6 Å². The standard InChI is InChI=1S/C6H10ClFS/c7-5-3-4(9)1-2-6(5)8/h4-6,9H,1-3H2/p-1. The number of halogens is 2. The van der Waals surface area contributed by atoms with E-state index in [1.807, 2.05) is 0 Å². The molecule has 0 amide bonds. The van der Waals surface area contributed by atoms with E-state index in [0.717, 1.165) is 6.42 Å². The van der Waals surface area contributed by atoms with E-state index in [9.17, 15) is 4.39 Å². The molecule has 3 heteroatoms. The van der Waals surface area contributed by atoms with Crippen molar-refractivity contribution in [2.75, 3.05) is 0 Å². The van der Waals surface area contributed by atoms with Crippen LogP contribution in [-0.2, 0) is 12.6 Å². The van der Waals surface area contributed by atoms with Gasteiger partial charge in [-0.25, -0.2) is 4.39 Å². The lowest BCUT2D eigenvalue weighted by Crippen LogP contribution is -2.28. The molecule has 1 rings (SSSR count). The normalized spacial score (nSPS) is 45.0. The van der Waals surface area contributed by atoms with Crippen molar-refractivity contribution >= 4 is 24.2 Å². The SMILES string of the molecule is FC1CCC([S-])CC1Cl. The first-order valence-corrected chi connectivity index (χ1v) is 4.05. The molecular formula is C6H9ClFS-. The second kappa shape index (κ2) is 3.11. The third kappa shape index (κ3) is 2.01. The molecular weight excluding hydrogens is 159 g/mol. The minimum atomic E-state index is -0.814. The molecule has 0 heterocycles. The van der Waals surface area contributed by atoms with E-state index < -0.39 is 6.17 Å². The van der Waals surface area contributed by atoms with E-state index >= 15 is 0 Å². The molecule has 1 aliphatic rings. The van der Waals surface area contributed by atoms with Crippen LogP contribution < -0.4 is 0 Å². The smallest absolute Gasteiger partial charge is 0.116 e. The molecule has 0 bridgehead atoms. The van der Waals surface area contributed by atoms with Gasteiger partial charge in [-0.15, -0.1) is 11.6 Å². The van der Waals surface area contributed by atoms with Gasteiger partial charge >= 0.3 is 0 Å². The number of rotatable bonds is 0. The van der Waals surface area contributed by atoms with Crippen LogP contribution >= 0.6 is 11.6 Å². The van der Waals surface area contributed by atoms with Gasteiger partial charge in [0.2, 0.25) is 0 Å². The molecule has 0 saturated heterocycles. The Balaban J connectivity index is 2.35. The highest BCUT2D eigenvalue weighted by atomic mass is 35.5. The Hall–Kier alpha value is 0.570. The average molecular weight is 168 g/mol. The van der Waals surface area contributed by atoms with Crippen LogP contribution in [0.2, 0.25) is 0 Å². The van der Waals surface area contributed by atoms with Gasteiger partial charge in [0.15, 0.2) is 0 Å². The molecule has 9 heavy (non-hydrogen) atoms. The summed E-state index contributed by atoms with van der Waals surface area (Å²) in [6, 6.07) is 0. The first kappa shape index (κ1) is 7.67. The highest BCUT2D eigenvalue weighted by Gasteiger charge is 2.22. The van der Waals surface area contributed by atoms with Crippen molar-refractivity contribution in [1.29, 1.82) is 0 Å². The van der Waals surface area contributed by atoms with Crippen molar-refractivity contribution in [1.82, 2.24) is 0 Å². The highest BCUT2D eigenvalue weighted by Crippen LogP contribution is 2.26. The fourth-order valence-electron chi connectivity index (χ4n) is 1.04. The Labute approximate surface area is 65.2 Å². The van der Waals surface area contributed by atoms with Crippen LogP contribution in [0.1, 0.15) is 19.3 Å². The number of hydrogen-bond acceptors (Lipinski definition) is 1.